The van der Waals surface area contributed by atoms with E-state index >= 15 is 0 Å². The smallest absolute Gasteiger partial charge is 0.224 e. The lowest BCUT2D eigenvalue weighted by Crippen LogP contribution is -2.21. The van der Waals surface area contributed by atoms with Crippen molar-refractivity contribution >= 4 is 17.5 Å². The molecule has 1 rings (SSSR count). The average Bonchev–Trinajstić information content (AvgIpc) is 2.30. The van der Waals surface area contributed by atoms with Crippen molar-refractivity contribution in [3.8, 4) is 0 Å². The minimum Gasteiger partial charge on any atom is -0.349 e. The summed E-state index contributed by atoms with van der Waals surface area (Å²) in [5.74, 6) is 0.532. The molecule has 0 atom stereocenters. The topological polar surface area (TPSA) is 59.8 Å². The molecule has 0 aliphatic rings. The lowest BCUT2D eigenvalue weighted by molar-refractivity contribution is -0.119. The maximum absolute atomic E-state index is 10.5. The van der Waals surface area contributed by atoms with E-state index in [1.165, 1.54) is 6.92 Å². The van der Waals surface area contributed by atoms with Gasteiger partial charge in [-0.15, -0.1) is 10.2 Å². The first-order valence-corrected chi connectivity index (χ1v) is 3.77. The number of hydrogen-bond acceptors (Lipinski definition) is 3. The molecule has 0 aliphatic carbocycles. The predicted molar refractivity (Wildman–Crippen MR) is 43.5 cm³/mol. The molecule has 0 bridgehead atoms. The third kappa shape index (κ3) is 1.94. The summed E-state index contributed by atoms with van der Waals surface area (Å²) in [7, 11) is 1.74. The van der Waals surface area contributed by atoms with Crippen molar-refractivity contribution in [3.63, 3.8) is 0 Å². The lowest BCUT2D eigenvalue weighted by Gasteiger charge is -2.00. The standard InChI is InChI=1S/C6H9ClN4O/c1-4(12)8-3-5-9-10-6(7)11(5)2/h3H2,1-2H3,(H,8,12). The van der Waals surface area contributed by atoms with Gasteiger partial charge < -0.3 is 9.88 Å². The van der Waals surface area contributed by atoms with E-state index in [2.05, 4.69) is 15.5 Å². The molecule has 1 N–H and O–H groups in total. The Labute approximate surface area is 74.7 Å². The van der Waals surface area contributed by atoms with Gasteiger partial charge in [-0.3, -0.25) is 4.79 Å². The predicted octanol–water partition coefficient (Wildman–Crippen LogP) is 0.105. The van der Waals surface area contributed by atoms with E-state index in [0.717, 1.165) is 0 Å². The summed E-state index contributed by atoms with van der Waals surface area (Å²) >= 11 is 5.62. The van der Waals surface area contributed by atoms with Crippen LogP contribution in [0.2, 0.25) is 5.28 Å². The summed E-state index contributed by atoms with van der Waals surface area (Å²) in [6, 6.07) is 0. The molecule has 1 heterocycles. The van der Waals surface area contributed by atoms with E-state index in [0.29, 0.717) is 17.7 Å². The van der Waals surface area contributed by atoms with E-state index in [-0.39, 0.29) is 5.91 Å². The number of carbonyl (C=O) groups is 1. The van der Waals surface area contributed by atoms with Crippen LogP contribution in [0.3, 0.4) is 0 Å². The molecule has 0 saturated carbocycles. The zero-order chi connectivity index (χ0) is 9.14. The Morgan fingerprint density at radius 1 is 1.67 bits per heavy atom. The van der Waals surface area contributed by atoms with Crippen molar-refractivity contribution < 1.29 is 4.79 Å². The second-order valence-corrected chi connectivity index (χ2v) is 2.69. The van der Waals surface area contributed by atoms with Crippen LogP contribution in [0.15, 0.2) is 0 Å². The van der Waals surface area contributed by atoms with Crippen molar-refractivity contribution in [3.05, 3.63) is 11.1 Å². The van der Waals surface area contributed by atoms with Gasteiger partial charge in [0.1, 0.15) is 0 Å². The van der Waals surface area contributed by atoms with Crippen LogP contribution in [0.5, 0.6) is 0 Å². The first kappa shape index (κ1) is 8.99. The van der Waals surface area contributed by atoms with Gasteiger partial charge >= 0.3 is 0 Å². The van der Waals surface area contributed by atoms with Gasteiger partial charge in [0, 0.05) is 14.0 Å². The van der Waals surface area contributed by atoms with Crippen LogP contribution in [-0.2, 0) is 18.4 Å². The van der Waals surface area contributed by atoms with Crippen molar-refractivity contribution in [2.24, 2.45) is 7.05 Å². The van der Waals surface area contributed by atoms with Gasteiger partial charge in [-0.05, 0) is 11.6 Å². The molecule has 5 nitrogen and oxygen atoms in total. The molecule has 0 aromatic carbocycles. The molecule has 0 aliphatic heterocycles. The highest BCUT2D eigenvalue weighted by molar-refractivity contribution is 6.28. The number of nitrogens with one attached hydrogen (secondary N) is 1. The second-order valence-electron chi connectivity index (χ2n) is 2.35. The highest BCUT2D eigenvalue weighted by Gasteiger charge is 2.05. The van der Waals surface area contributed by atoms with Gasteiger partial charge in [0.2, 0.25) is 11.2 Å². The van der Waals surface area contributed by atoms with E-state index in [4.69, 9.17) is 11.6 Å². The number of rotatable bonds is 2. The fourth-order valence-electron chi connectivity index (χ4n) is 0.697. The zero-order valence-corrected chi connectivity index (χ0v) is 7.59. The van der Waals surface area contributed by atoms with Crippen LogP contribution in [-0.4, -0.2) is 20.7 Å². The Hall–Kier alpha value is -1.10. The number of amides is 1. The van der Waals surface area contributed by atoms with Gasteiger partial charge in [0.25, 0.3) is 0 Å². The first-order chi connectivity index (χ1) is 5.61. The number of halogens is 1. The summed E-state index contributed by atoms with van der Waals surface area (Å²) in [6.07, 6.45) is 0. The molecule has 12 heavy (non-hydrogen) atoms. The lowest BCUT2D eigenvalue weighted by atomic mass is 10.5. The third-order valence-electron chi connectivity index (χ3n) is 1.41. The fourth-order valence-corrected chi connectivity index (χ4v) is 0.832. The van der Waals surface area contributed by atoms with Crippen LogP contribution in [0, 0.1) is 0 Å². The van der Waals surface area contributed by atoms with Crippen LogP contribution in [0.1, 0.15) is 12.7 Å². The molecule has 0 saturated heterocycles. The monoisotopic (exact) mass is 188 g/mol. The van der Waals surface area contributed by atoms with Crippen LogP contribution in [0.4, 0.5) is 0 Å². The molecule has 0 spiro atoms. The Morgan fingerprint density at radius 2 is 2.33 bits per heavy atom. The van der Waals surface area contributed by atoms with Crippen LogP contribution < -0.4 is 5.32 Å². The van der Waals surface area contributed by atoms with Gasteiger partial charge in [-0.25, -0.2) is 0 Å². The fraction of sp³-hybridized carbons (Fsp3) is 0.500. The molecule has 0 radical (unpaired) electrons. The maximum Gasteiger partial charge on any atom is 0.224 e. The molecule has 1 aromatic rings. The van der Waals surface area contributed by atoms with Gasteiger partial charge in [-0.1, -0.05) is 0 Å². The molecule has 0 unspecified atom stereocenters. The second kappa shape index (κ2) is 3.53. The molecular weight excluding hydrogens is 180 g/mol. The quantitative estimate of drug-likeness (QED) is 0.717. The van der Waals surface area contributed by atoms with Gasteiger partial charge in [0.05, 0.1) is 6.54 Å². The van der Waals surface area contributed by atoms with Crippen molar-refractivity contribution in [2.75, 3.05) is 0 Å². The number of aromatic nitrogens is 3. The van der Waals surface area contributed by atoms with Crippen molar-refractivity contribution in [1.82, 2.24) is 20.1 Å². The van der Waals surface area contributed by atoms with Crippen molar-refractivity contribution in [1.29, 1.82) is 0 Å². The average molecular weight is 189 g/mol. The highest BCUT2D eigenvalue weighted by atomic mass is 35.5. The molecule has 6 heteroatoms. The first-order valence-electron chi connectivity index (χ1n) is 3.39. The minimum atomic E-state index is -0.103. The SMILES string of the molecule is CC(=O)NCc1nnc(Cl)n1C. The van der Waals surface area contributed by atoms with E-state index in [9.17, 15) is 4.79 Å². The van der Waals surface area contributed by atoms with Crippen LogP contribution in [0.25, 0.3) is 0 Å². The van der Waals surface area contributed by atoms with Crippen LogP contribution >= 0.6 is 11.6 Å². The third-order valence-corrected chi connectivity index (χ3v) is 1.74. The highest BCUT2D eigenvalue weighted by Crippen LogP contribution is 2.03. The molecular formula is C6H9ClN4O. The Kier molecular flexibility index (Phi) is 2.65. The van der Waals surface area contributed by atoms with Crippen molar-refractivity contribution in [2.45, 2.75) is 13.5 Å². The van der Waals surface area contributed by atoms with Gasteiger partial charge in [0.15, 0.2) is 5.82 Å². The maximum atomic E-state index is 10.5. The molecule has 0 fully saturated rings. The van der Waals surface area contributed by atoms with E-state index in [1.807, 2.05) is 0 Å². The van der Waals surface area contributed by atoms with Gasteiger partial charge in [-0.2, -0.15) is 0 Å². The number of carbonyl (C=O) groups excluding carboxylic acids is 1. The minimum absolute atomic E-state index is 0.103. The van der Waals surface area contributed by atoms with E-state index in [1.54, 1.807) is 11.6 Å². The Morgan fingerprint density at radius 3 is 2.75 bits per heavy atom. The summed E-state index contributed by atoms with van der Waals surface area (Å²) < 4.78 is 1.61. The normalized spacial score (nSPS) is 9.92. The summed E-state index contributed by atoms with van der Waals surface area (Å²) in [5, 5.41) is 10.3. The molecule has 66 valence electrons. The number of hydrogen-bond donors (Lipinski definition) is 1. The summed E-state index contributed by atoms with van der Waals surface area (Å²) in [4.78, 5) is 10.5. The molecule has 1 amide bonds. The van der Waals surface area contributed by atoms with E-state index < -0.39 is 0 Å². The molecule has 1 aromatic heterocycles. The largest absolute Gasteiger partial charge is 0.349 e. The Balaban J connectivity index is 2.63. The number of nitrogens with zero attached hydrogens (tertiary/aromatic N) is 3. The summed E-state index contributed by atoms with van der Waals surface area (Å²) in [6.45, 7) is 1.80. The summed E-state index contributed by atoms with van der Waals surface area (Å²) in [5.41, 5.74) is 0. The Bertz CT molecular complexity index is 296. The zero-order valence-electron chi connectivity index (χ0n) is 6.83.